The van der Waals surface area contributed by atoms with E-state index in [2.05, 4.69) is 52.7 Å². The first kappa shape index (κ1) is 25.3. The van der Waals surface area contributed by atoms with Gasteiger partial charge in [0.25, 0.3) is 0 Å². The predicted molar refractivity (Wildman–Crippen MR) is 148 cm³/mol. The smallest absolute Gasteiger partial charge is 0.411 e. The number of nitrogens with two attached hydrogens (primary N) is 1. The molecule has 3 heterocycles. The summed E-state index contributed by atoms with van der Waals surface area (Å²) in [5.74, 6) is 1.36. The quantitative estimate of drug-likeness (QED) is 0.360. The molecule has 194 valence electrons. The first-order valence-electron chi connectivity index (χ1n) is 13.5. The van der Waals surface area contributed by atoms with E-state index in [4.69, 9.17) is 15.2 Å². The normalized spacial score (nSPS) is 20.4. The van der Waals surface area contributed by atoms with Crippen LogP contribution in [0.1, 0.15) is 30.4 Å². The number of carbonyl (C=O) groups excluding carboxylic acids is 1. The Labute approximate surface area is 219 Å². The van der Waals surface area contributed by atoms with Crippen molar-refractivity contribution in [3.05, 3.63) is 83.9 Å². The third kappa shape index (κ3) is 6.70. The van der Waals surface area contributed by atoms with Gasteiger partial charge in [-0.2, -0.15) is 0 Å². The molecule has 3 aliphatic heterocycles. The highest BCUT2D eigenvalue weighted by Crippen LogP contribution is 2.32. The van der Waals surface area contributed by atoms with Crippen LogP contribution in [0.4, 0.5) is 10.5 Å². The molecule has 0 saturated carbocycles. The van der Waals surface area contributed by atoms with Crippen molar-refractivity contribution < 1.29 is 14.3 Å². The molecule has 1 atom stereocenters. The van der Waals surface area contributed by atoms with Crippen LogP contribution < -0.4 is 15.8 Å². The molecular formula is C31H37N3O3. The number of fused-ring (bicyclic) bond motifs is 3. The molecule has 37 heavy (non-hydrogen) atoms. The second kappa shape index (κ2) is 12.3. The number of anilines is 1. The van der Waals surface area contributed by atoms with Gasteiger partial charge in [-0.05, 0) is 92.5 Å². The maximum absolute atomic E-state index is 13.0. The van der Waals surface area contributed by atoms with Crippen molar-refractivity contribution in [2.75, 3.05) is 38.1 Å². The lowest BCUT2D eigenvalue weighted by Gasteiger charge is -2.43. The van der Waals surface area contributed by atoms with Gasteiger partial charge in [0.1, 0.15) is 11.9 Å². The Hall–Kier alpha value is -3.35. The number of ether oxygens (including phenoxy) is 2. The van der Waals surface area contributed by atoms with E-state index in [0.717, 1.165) is 79.9 Å². The number of piperidine rings is 3. The van der Waals surface area contributed by atoms with Gasteiger partial charge in [-0.3, -0.25) is 10.2 Å². The summed E-state index contributed by atoms with van der Waals surface area (Å²) in [6.07, 6.45) is 4.41. The van der Waals surface area contributed by atoms with Crippen LogP contribution in [0.5, 0.6) is 5.75 Å². The molecular weight excluding hydrogens is 462 g/mol. The van der Waals surface area contributed by atoms with E-state index in [1.807, 2.05) is 30.3 Å². The van der Waals surface area contributed by atoms with Crippen LogP contribution in [-0.4, -0.2) is 49.9 Å². The number of hydrogen-bond acceptors (Lipinski definition) is 5. The summed E-state index contributed by atoms with van der Waals surface area (Å²) in [7, 11) is 0. The minimum absolute atomic E-state index is 0.0219. The van der Waals surface area contributed by atoms with Gasteiger partial charge in [-0.25, -0.2) is 4.79 Å². The van der Waals surface area contributed by atoms with Crippen molar-refractivity contribution in [2.24, 2.45) is 11.7 Å². The third-order valence-electron chi connectivity index (χ3n) is 7.47. The number of hydrogen-bond donors (Lipinski definition) is 2. The van der Waals surface area contributed by atoms with Crippen LogP contribution in [-0.2, 0) is 17.6 Å². The van der Waals surface area contributed by atoms with E-state index in [9.17, 15) is 4.79 Å². The molecule has 3 aromatic rings. The number of nitrogens with one attached hydrogen (secondary N) is 1. The predicted octanol–water partition coefficient (Wildman–Crippen LogP) is 5.51. The van der Waals surface area contributed by atoms with Crippen LogP contribution in [0.3, 0.4) is 0 Å². The van der Waals surface area contributed by atoms with Gasteiger partial charge in [0.2, 0.25) is 0 Å². The number of carbonyl (C=O) groups is 1. The maximum atomic E-state index is 13.0. The fourth-order valence-electron chi connectivity index (χ4n) is 5.46. The Morgan fingerprint density at radius 2 is 1.76 bits per heavy atom. The van der Waals surface area contributed by atoms with Gasteiger partial charge in [-0.1, -0.05) is 54.6 Å². The standard InChI is InChI=1S/C31H37N3O3/c32-16-13-24-6-4-10-27(20-24)36-19-5-7-23-11-12-28(25-8-2-1-3-9-25)29(21-23)33-31(35)37-30-22-34-17-14-26(30)15-18-34/h1-4,6,8-12,20-21,26,30H,5,7,13-19,22,32H2,(H,33,35). The molecule has 3 saturated heterocycles. The zero-order valence-electron chi connectivity index (χ0n) is 21.4. The molecule has 0 radical (unpaired) electrons. The lowest BCUT2D eigenvalue weighted by Crippen LogP contribution is -2.52. The fourth-order valence-corrected chi connectivity index (χ4v) is 5.46. The molecule has 2 bridgehead atoms. The molecule has 1 unspecified atom stereocenters. The second-order valence-corrected chi connectivity index (χ2v) is 10.1. The summed E-state index contributed by atoms with van der Waals surface area (Å²) in [5.41, 5.74) is 10.8. The molecule has 1 amide bonds. The Morgan fingerprint density at radius 1 is 0.946 bits per heavy atom. The van der Waals surface area contributed by atoms with Crippen LogP contribution in [0.25, 0.3) is 11.1 Å². The van der Waals surface area contributed by atoms with Gasteiger partial charge in [0.05, 0.1) is 12.3 Å². The van der Waals surface area contributed by atoms with Gasteiger partial charge in [0, 0.05) is 12.1 Å². The third-order valence-corrected chi connectivity index (χ3v) is 7.47. The summed E-state index contributed by atoms with van der Waals surface area (Å²) < 4.78 is 11.9. The molecule has 3 aliphatic rings. The molecule has 0 spiro atoms. The van der Waals surface area contributed by atoms with Gasteiger partial charge in [0.15, 0.2) is 0 Å². The Morgan fingerprint density at radius 3 is 2.51 bits per heavy atom. The van der Waals surface area contributed by atoms with Crippen molar-refractivity contribution in [1.29, 1.82) is 0 Å². The topological polar surface area (TPSA) is 76.8 Å². The summed E-state index contributed by atoms with van der Waals surface area (Å²) in [5, 5.41) is 3.07. The molecule has 3 aromatic carbocycles. The first-order valence-corrected chi connectivity index (χ1v) is 13.5. The number of rotatable bonds is 10. The summed E-state index contributed by atoms with van der Waals surface area (Å²) in [6.45, 7) is 4.34. The molecule has 3 N–H and O–H groups in total. The Balaban J connectivity index is 1.23. The molecule has 6 rings (SSSR count). The van der Waals surface area contributed by atoms with E-state index >= 15 is 0 Å². The van der Waals surface area contributed by atoms with Crippen molar-refractivity contribution in [3.8, 4) is 16.9 Å². The lowest BCUT2D eigenvalue weighted by molar-refractivity contribution is -0.0289. The van der Waals surface area contributed by atoms with Gasteiger partial charge < -0.3 is 15.2 Å². The van der Waals surface area contributed by atoms with E-state index in [0.29, 0.717) is 19.1 Å². The molecule has 6 nitrogen and oxygen atoms in total. The SMILES string of the molecule is NCCc1cccc(OCCCc2ccc(-c3ccccc3)c(NC(=O)OC3CN4CCC3CC4)c2)c1. The highest BCUT2D eigenvalue weighted by atomic mass is 16.6. The molecule has 6 heteroatoms. The second-order valence-electron chi connectivity index (χ2n) is 10.1. The summed E-state index contributed by atoms with van der Waals surface area (Å²) in [6, 6.07) is 24.6. The summed E-state index contributed by atoms with van der Waals surface area (Å²) in [4.78, 5) is 15.4. The number of amides is 1. The van der Waals surface area contributed by atoms with Crippen molar-refractivity contribution in [3.63, 3.8) is 0 Å². The zero-order valence-corrected chi connectivity index (χ0v) is 21.4. The molecule has 0 aliphatic carbocycles. The van der Waals surface area contributed by atoms with Crippen molar-refractivity contribution in [1.82, 2.24) is 4.90 Å². The molecule has 0 aromatic heterocycles. The van der Waals surface area contributed by atoms with E-state index in [1.165, 1.54) is 5.56 Å². The Bertz CT molecular complexity index is 1180. The van der Waals surface area contributed by atoms with E-state index in [1.54, 1.807) is 0 Å². The fraction of sp³-hybridized carbons (Fsp3) is 0.387. The van der Waals surface area contributed by atoms with Crippen LogP contribution in [0, 0.1) is 5.92 Å². The number of aryl methyl sites for hydroxylation is 1. The van der Waals surface area contributed by atoms with Crippen molar-refractivity contribution in [2.45, 2.75) is 38.2 Å². The zero-order chi connectivity index (χ0) is 25.5. The maximum Gasteiger partial charge on any atom is 0.411 e. The van der Waals surface area contributed by atoms with Gasteiger partial charge >= 0.3 is 6.09 Å². The average Bonchev–Trinajstić information content (AvgIpc) is 2.93. The van der Waals surface area contributed by atoms with Gasteiger partial charge in [-0.15, -0.1) is 0 Å². The highest BCUT2D eigenvalue weighted by molar-refractivity contribution is 5.91. The Kier molecular flexibility index (Phi) is 8.39. The number of nitrogens with zero attached hydrogens (tertiary/aromatic N) is 1. The minimum atomic E-state index is -0.367. The van der Waals surface area contributed by atoms with Crippen LogP contribution >= 0.6 is 0 Å². The highest BCUT2D eigenvalue weighted by Gasteiger charge is 2.36. The van der Waals surface area contributed by atoms with E-state index < -0.39 is 0 Å². The number of benzene rings is 3. The first-order chi connectivity index (χ1) is 18.2. The average molecular weight is 500 g/mol. The monoisotopic (exact) mass is 499 g/mol. The van der Waals surface area contributed by atoms with E-state index in [-0.39, 0.29) is 12.2 Å². The minimum Gasteiger partial charge on any atom is -0.494 e. The van der Waals surface area contributed by atoms with Crippen LogP contribution in [0.15, 0.2) is 72.8 Å². The van der Waals surface area contributed by atoms with Crippen LogP contribution in [0.2, 0.25) is 0 Å². The summed E-state index contributed by atoms with van der Waals surface area (Å²) >= 11 is 0. The molecule has 3 fully saturated rings. The largest absolute Gasteiger partial charge is 0.494 e. The lowest BCUT2D eigenvalue weighted by atomic mass is 9.86. The van der Waals surface area contributed by atoms with Crippen molar-refractivity contribution >= 4 is 11.8 Å².